The smallest absolute Gasteiger partial charge is 0.144 e. The summed E-state index contributed by atoms with van der Waals surface area (Å²) in [5, 5.41) is 0. The molecule has 0 aliphatic heterocycles. The van der Waals surface area contributed by atoms with Crippen LogP contribution in [0.15, 0.2) is 0 Å². The fourth-order valence-electron chi connectivity index (χ4n) is 4.50. The number of rotatable bonds is 33. The van der Waals surface area contributed by atoms with Gasteiger partial charge in [0.25, 0.3) is 0 Å². The number of unbranched alkanes of at least 4 members (excludes halogenated alkanes) is 6. The van der Waals surface area contributed by atoms with Crippen LogP contribution in [0.4, 0.5) is 0 Å². The molecule has 0 aliphatic carbocycles. The SMILES string of the molecule is CCCCOC(CCCCSSSSCCCCC(OCCCC)(OCCCC)[SiH2]CC)(OCCCC)[SiH2]CC. The molecule has 0 aromatic carbocycles. The Bertz CT molecular complexity index is 460. The van der Waals surface area contributed by atoms with E-state index in [1.165, 1.54) is 75.0 Å². The number of hydrogen-bond donors (Lipinski definition) is 0. The van der Waals surface area contributed by atoms with Crippen LogP contribution in [0.3, 0.4) is 0 Å². The highest BCUT2D eigenvalue weighted by atomic mass is 33.7. The lowest BCUT2D eigenvalue weighted by Crippen LogP contribution is -2.43. The molecule has 0 aliphatic rings. The summed E-state index contributed by atoms with van der Waals surface area (Å²) >= 11 is 0. The molecule has 40 heavy (non-hydrogen) atoms. The Morgan fingerprint density at radius 2 is 0.775 bits per heavy atom. The molecule has 0 heterocycles. The Kier molecular flexibility index (Phi) is 32.0. The summed E-state index contributed by atoms with van der Waals surface area (Å²) in [6.07, 6.45) is 16.4. The van der Waals surface area contributed by atoms with Crippen LogP contribution in [-0.2, 0) is 18.9 Å². The molecule has 0 amide bonds. The minimum atomic E-state index is -0.387. The van der Waals surface area contributed by atoms with Crippen molar-refractivity contribution in [2.45, 2.75) is 154 Å². The van der Waals surface area contributed by atoms with Crippen LogP contribution in [0.5, 0.6) is 0 Å². The highest BCUT2D eigenvalue weighted by molar-refractivity contribution is 9.26. The van der Waals surface area contributed by atoms with Crippen LogP contribution in [-0.4, -0.2) is 67.8 Å². The van der Waals surface area contributed by atoms with E-state index in [2.05, 4.69) is 41.5 Å². The maximum Gasteiger partial charge on any atom is 0.144 e. The lowest BCUT2D eigenvalue weighted by molar-refractivity contribution is -0.187. The van der Waals surface area contributed by atoms with E-state index in [0.29, 0.717) is 0 Å². The maximum atomic E-state index is 6.44. The fourth-order valence-corrected chi connectivity index (χ4v) is 14.4. The van der Waals surface area contributed by atoms with Gasteiger partial charge in [0.05, 0.1) is 19.0 Å². The van der Waals surface area contributed by atoms with Gasteiger partial charge in [0, 0.05) is 37.9 Å². The van der Waals surface area contributed by atoms with Gasteiger partial charge in [-0.15, -0.1) is 0 Å². The van der Waals surface area contributed by atoms with E-state index in [-0.39, 0.29) is 29.9 Å². The average Bonchev–Trinajstić information content (AvgIpc) is 2.94. The molecular formula is C30H66O4S4Si2. The second kappa shape index (κ2) is 30.7. The second-order valence-electron chi connectivity index (χ2n) is 10.8. The summed E-state index contributed by atoms with van der Waals surface area (Å²) in [5.74, 6) is 2.42. The molecule has 0 spiro atoms. The van der Waals surface area contributed by atoms with Gasteiger partial charge in [-0.1, -0.05) is 101 Å². The molecule has 0 radical (unpaired) electrons. The van der Waals surface area contributed by atoms with Gasteiger partial charge in [0.2, 0.25) is 0 Å². The molecule has 0 aromatic rings. The molecule has 0 N–H and O–H groups in total. The topological polar surface area (TPSA) is 36.9 Å². The van der Waals surface area contributed by atoms with Gasteiger partial charge in [0.1, 0.15) is 10.8 Å². The van der Waals surface area contributed by atoms with Crippen molar-refractivity contribution >= 4 is 60.3 Å². The Hall–Kier alpha value is 1.67. The molecule has 0 saturated heterocycles. The number of ether oxygens (including phenoxy) is 4. The molecule has 0 saturated carbocycles. The first-order valence-electron chi connectivity index (χ1n) is 16.7. The van der Waals surface area contributed by atoms with Crippen LogP contribution < -0.4 is 0 Å². The van der Waals surface area contributed by atoms with Crippen LogP contribution in [0, 0.1) is 0 Å². The monoisotopic (exact) mass is 674 g/mol. The fraction of sp³-hybridized carbons (Fsp3) is 1.00. The van der Waals surface area contributed by atoms with E-state index in [4.69, 9.17) is 18.9 Å². The lowest BCUT2D eigenvalue weighted by Gasteiger charge is -2.34. The second-order valence-corrected chi connectivity index (χ2v) is 22.2. The molecule has 10 heteroatoms. The van der Waals surface area contributed by atoms with Gasteiger partial charge in [-0.2, -0.15) is 0 Å². The van der Waals surface area contributed by atoms with E-state index >= 15 is 0 Å². The van der Waals surface area contributed by atoms with Gasteiger partial charge in [-0.05, 0) is 83.9 Å². The van der Waals surface area contributed by atoms with Crippen molar-refractivity contribution in [1.82, 2.24) is 0 Å². The summed E-state index contributed by atoms with van der Waals surface area (Å²) in [7, 11) is 7.16. The highest BCUT2D eigenvalue weighted by Gasteiger charge is 2.31. The molecule has 0 unspecified atom stereocenters. The first-order valence-corrected chi connectivity index (χ1v) is 25.3. The van der Waals surface area contributed by atoms with E-state index in [9.17, 15) is 0 Å². The zero-order chi connectivity index (χ0) is 29.6. The van der Waals surface area contributed by atoms with E-state index < -0.39 is 0 Å². The first-order chi connectivity index (χ1) is 19.6. The molecule has 0 fully saturated rings. The van der Waals surface area contributed by atoms with Crippen molar-refractivity contribution in [2.75, 3.05) is 37.9 Å². The predicted molar refractivity (Wildman–Crippen MR) is 195 cm³/mol. The maximum absolute atomic E-state index is 6.44. The Balaban J connectivity index is 4.20. The van der Waals surface area contributed by atoms with E-state index in [1.807, 2.05) is 41.2 Å². The number of hydrogen-bond acceptors (Lipinski definition) is 8. The molecule has 242 valence electrons. The molecule has 0 atom stereocenters. The third-order valence-electron chi connectivity index (χ3n) is 6.91. The molecule has 0 rings (SSSR count). The van der Waals surface area contributed by atoms with Gasteiger partial charge >= 0.3 is 0 Å². The Morgan fingerprint density at radius 1 is 0.450 bits per heavy atom. The quantitative estimate of drug-likeness (QED) is 0.0295. The Morgan fingerprint density at radius 3 is 1.05 bits per heavy atom. The predicted octanol–water partition coefficient (Wildman–Crippen LogP) is 9.79. The van der Waals surface area contributed by atoms with Gasteiger partial charge in [-0.25, -0.2) is 0 Å². The summed E-state index contributed by atoms with van der Waals surface area (Å²) in [6, 6.07) is 2.49. The Labute approximate surface area is 270 Å². The minimum Gasteiger partial charge on any atom is -0.354 e. The van der Waals surface area contributed by atoms with Crippen molar-refractivity contribution in [3.05, 3.63) is 0 Å². The van der Waals surface area contributed by atoms with Crippen LogP contribution in [0.25, 0.3) is 0 Å². The summed E-state index contributed by atoms with van der Waals surface area (Å²) in [4.78, 5) is 0. The molecular weight excluding hydrogens is 609 g/mol. The van der Waals surface area contributed by atoms with Gasteiger partial charge in [0.15, 0.2) is 0 Å². The van der Waals surface area contributed by atoms with Crippen molar-refractivity contribution in [3.8, 4) is 0 Å². The molecule has 0 aromatic heterocycles. The van der Waals surface area contributed by atoms with Crippen molar-refractivity contribution in [2.24, 2.45) is 0 Å². The van der Waals surface area contributed by atoms with E-state index in [1.54, 1.807) is 0 Å². The third kappa shape index (κ3) is 23.1. The van der Waals surface area contributed by atoms with Crippen molar-refractivity contribution < 1.29 is 18.9 Å². The molecule has 4 nitrogen and oxygen atoms in total. The van der Waals surface area contributed by atoms with Crippen molar-refractivity contribution in [3.63, 3.8) is 0 Å². The van der Waals surface area contributed by atoms with Crippen molar-refractivity contribution in [1.29, 1.82) is 0 Å². The molecule has 0 bridgehead atoms. The van der Waals surface area contributed by atoms with E-state index in [0.717, 1.165) is 65.0 Å². The van der Waals surface area contributed by atoms with Gasteiger partial charge < -0.3 is 18.9 Å². The lowest BCUT2D eigenvalue weighted by atomic mass is 10.2. The zero-order valence-electron chi connectivity index (χ0n) is 27.2. The highest BCUT2D eigenvalue weighted by Crippen LogP contribution is 2.43. The normalized spacial score (nSPS) is 13.1. The minimum absolute atomic E-state index is 0.221. The largest absolute Gasteiger partial charge is 0.354 e. The van der Waals surface area contributed by atoms with Gasteiger partial charge in [-0.3, -0.25) is 0 Å². The third-order valence-corrected chi connectivity index (χ3v) is 17.6. The van der Waals surface area contributed by atoms with Crippen LogP contribution in [0.2, 0.25) is 12.1 Å². The standard InChI is InChI=1S/C30H66O4S4Si2/c1-7-13-23-31-29(39-11-5,32-24-14-8-2)21-17-19-27-35-37-38-36-28-20-18-22-30(40-12-6,33-25-15-9-3)34-26-16-10-4/h7-28,39-40H2,1-6H3. The van der Waals surface area contributed by atoms with Crippen LogP contribution in [0.1, 0.15) is 131 Å². The zero-order valence-corrected chi connectivity index (χ0v) is 33.3. The summed E-state index contributed by atoms with van der Waals surface area (Å²) < 4.78 is 25.8. The summed E-state index contributed by atoms with van der Waals surface area (Å²) in [5.41, 5.74) is -0.443. The summed E-state index contributed by atoms with van der Waals surface area (Å²) in [6.45, 7) is 17.0. The average molecular weight is 675 g/mol. The first kappa shape index (κ1) is 41.7. The van der Waals surface area contributed by atoms with Crippen LogP contribution >= 0.6 is 41.2 Å².